The molecule has 0 aliphatic rings. The fraction of sp³-hybridized carbons (Fsp3) is 0.143. The van der Waals surface area contributed by atoms with E-state index in [1.807, 2.05) is 18.4 Å². The summed E-state index contributed by atoms with van der Waals surface area (Å²) in [7, 11) is 0. The van der Waals surface area contributed by atoms with Crippen LogP contribution in [0.25, 0.3) is 10.7 Å². The minimum Gasteiger partial charge on any atom is -0.289 e. The number of carbonyl (C=O) groups is 1. The van der Waals surface area contributed by atoms with Crippen molar-refractivity contribution in [1.29, 1.82) is 0 Å². The van der Waals surface area contributed by atoms with Crippen molar-refractivity contribution in [2.24, 2.45) is 0 Å². The number of hydrogen-bond acceptors (Lipinski definition) is 5. The van der Waals surface area contributed by atoms with Gasteiger partial charge in [0.1, 0.15) is 0 Å². The van der Waals surface area contributed by atoms with Crippen molar-refractivity contribution < 1.29 is 4.79 Å². The average molecular weight is 299 g/mol. The van der Waals surface area contributed by atoms with Gasteiger partial charge < -0.3 is 0 Å². The first-order valence-corrected chi connectivity index (χ1v) is 7.23. The summed E-state index contributed by atoms with van der Waals surface area (Å²) in [4.78, 5) is 21.6. The van der Waals surface area contributed by atoms with Crippen molar-refractivity contribution in [3.8, 4) is 10.7 Å². The SMILES string of the molecule is Cc1ccsc1-c1nc(NC(=O)c2cccnc2C)n[nH]1. The second-order valence-corrected chi connectivity index (χ2v) is 5.45. The molecule has 1 amide bonds. The van der Waals surface area contributed by atoms with E-state index in [0.717, 1.165) is 10.4 Å². The van der Waals surface area contributed by atoms with E-state index in [1.54, 1.807) is 36.6 Å². The highest BCUT2D eigenvalue weighted by Gasteiger charge is 2.14. The highest BCUT2D eigenvalue weighted by Crippen LogP contribution is 2.26. The summed E-state index contributed by atoms with van der Waals surface area (Å²) in [5, 5.41) is 11.5. The molecule has 0 aliphatic carbocycles. The molecule has 21 heavy (non-hydrogen) atoms. The molecule has 0 aliphatic heterocycles. The Morgan fingerprint density at radius 3 is 2.90 bits per heavy atom. The zero-order chi connectivity index (χ0) is 14.8. The Morgan fingerprint density at radius 2 is 2.19 bits per heavy atom. The predicted octanol–water partition coefficient (Wildman–Crippen LogP) is 2.80. The third-order valence-electron chi connectivity index (χ3n) is 3.04. The number of carbonyl (C=O) groups excluding carboxylic acids is 1. The van der Waals surface area contributed by atoms with Crippen molar-refractivity contribution in [2.75, 3.05) is 5.32 Å². The van der Waals surface area contributed by atoms with Gasteiger partial charge in [0.05, 0.1) is 10.4 Å². The molecule has 0 atom stereocenters. The van der Waals surface area contributed by atoms with Crippen molar-refractivity contribution in [3.05, 3.63) is 46.6 Å². The van der Waals surface area contributed by atoms with Crippen LogP contribution in [0.1, 0.15) is 21.6 Å². The molecule has 0 saturated carbocycles. The zero-order valence-corrected chi connectivity index (χ0v) is 12.4. The van der Waals surface area contributed by atoms with E-state index < -0.39 is 0 Å². The maximum absolute atomic E-state index is 12.2. The van der Waals surface area contributed by atoms with Crippen molar-refractivity contribution in [3.63, 3.8) is 0 Å². The van der Waals surface area contributed by atoms with Gasteiger partial charge in [-0.25, -0.2) is 0 Å². The monoisotopic (exact) mass is 299 g/mol. The molecular weight excluding hydrogens is 286 g/mol. The van der Waals surface area contributed by atoms with Gasteiger partial charge in [0.2, 0.25) is 5.95 Å². The van der Waals surface area contributed by atoms with Gasteiger partial charge in [-0.1, -0.05) is 0 Å². The Labute approximate surface area is 125 Å². The number of amides is 1. The Hall–Kier alpha value is -2.54. The van der Waals surface area contributed by atoms with Gasteiger partial charge in [-0.05, 0) is 43.0 Å². The first-order chi connectivity index (χ1) is 10.1. The normalized spacial score (nSPS) is 10.6. The third-order valence-corrected chi connectivity index (χ3v) is 4.06. The number of aromatic amines is 1. The molecule has 0 aromatic carbocycles. The third kappa shape index (κ3) is 2.68. The maximum atomic E-state index is 12.2. The minimum atomic E-state index is -0.269. The summed E-state index contributed by atoms with van der Waals surface area (Å²) >= 11 is 1.58. The number of rotatable bonds is 3. The standard InChI is InChI=1S/C14H13N5OS/c1-8-5-7-21-11(8)12-16-14(19-18-12)17-13(20)10-4-3-6-15-9(10)2/h3-7H,1-2H3,(H2,16,17,18,19,20). The number of thiophene rings is 1. The van der Waals surface area contributed by atoms with Crippen LogP contribution in [0.5, 0.6) is 0 Å². The summed E-state index contributed by atoms with van der Waals surface area (Å²) in [5.74, 6) is 0.640. The second kappa shape index (κ2) is 5.45. The number of anilines is 1. The van der Waals surface area contributed by atoms with Crippen LogP contribution >= 0.6 is 11.3 Å². The van der Waals surface area contributed by atoms with E-state index in [2.05, 4.69) is 25.5 Å². The van der Waals surface area contributed by atoms with Crippen LogP contribution in [0.3, 0.4) is 0 Å². The number of aromatic nitrogens is 4. The molecule has 2 N–H and O–H groups in total. The fourth-order valence-corrected chi connectivity index (χ4v) is 2.79. The van der Waals surface area contributed by atoms with E-state index in [0.29, 0.717) is 17.1 Å². The van der Waals surface area contributed by atoms with Gasteiger partial charge in [0, 0.05) is 11.9 Å². The maximum Gasteiger partial charge on any atom is 0.259 e. The molecule has 0 fully saturated rings. The van der Waals surface area contributed by atoms with Crippen LogP contribution in [0, 0.1) is 13.8 Å². The van der Waals surface area contributed by atoms with Crippen LogP contribution in [0.15, 0.2) is 29.8 Å². The van der Waals surface area contributed by atoms with Gasteiger partial charge in [0.25, 0.3) is 5.91 Å². The quantitative estimate of drug-likeness (QED) is 0.779. The molecule has 3 aromatic heterocycles. The van der Waals surface area contributed by atoms with E-state index in [4.69, 9.17) is 0 Å². The molecule has 3 rings (SSSR count). The Bertz CT molecular complexity index is 792. The van der Waals surface area contributed by atoms with E-state index in [1.165, 1.54) is 0 Å². The molecule has 0 bridgehead atoms. The van der Waals surface area contributed by atoms with E-state index >= 15 is 0 Å². The largest absolute Gasteiger partial charge is 0.289 e. The molecule has 7 heteroatoms. The molecule has 3 aromatic rings. The van der Waals surface area contributed by atoms with Crippen molar-refractivity contribution in [2.45, 2.75) is 13.8 Å². The Kier molecular flexibility index (Phi) is 3.49. The molecular formula is C14H13N5OS. The molecule has 6 nitrogen and oxygen atoms in total. The highest BCUT2D eigenvalue weighted by molar-refractivity contribution is 7.13. The van der Waals surface area contributed by atoms with E-state index in [9.17, 15) is 4.79 Å². The van der Waals surface area contributed by atoms with Crippen LogP contribution in [-0.2, 0) is 0 Å². The van der Waals surface area contributed by atoms with Crippen LogP contribution in [-0.4, -0.2) is 26.1 Å². The first kappa shape index (κ1) is 13.4. The van der Waals surface area contributed by atoms with Crippen LogP contribution in [0.4, 0.5) is 5.95 Å². The number of H-pyrrole nitrogens is 1. The highest BCUT2D eigenvalue weighted by atomic mass is 32.1. The number of nitrogens with zero attached hydrogens (tertiary/aromatic N) is 3. The van der Waals surface area contributed by atoms with E-state index in [-0.39, 0.29) is 11.9 Å². The Morgan fingerprint density at radius 1 is 1.33 bits per heavy atom. The van der Waals surface area contributed by atoms with Crippen molar-refractivity contribution in [1.82, 2.24) is 20.2 Å². The van der Waals surface area contributed by atoms with Gasteiger partial charge in [0.15, 0.2) is 5.82 Å². The van der Waals surface area contributed by atoms with Gasteiger partial charge in [-0.15, -0.1) is 16.4 Å². The lowest BCUT2D eigenvalue weighted by Crippen LogP contribution is -2.14. The first-order valence-electron chi connectivity index (χ1n) is 6.35. The van der Waals surface area contributed by atoms with Crippen molar-refractivity contribution >= 4 is 23.2 Å². The van der Waals surface area contributed by atoms with Gasteiger partial charge >= 0.3 is 0 Å². The number of aryl methyl sites for hydroxylation is 2. The molecule has 0 spiro atoms. The lowest BCUT2D eigenvalue weighted by molar-refractivity contribution is 0.102. The van der Waals surface area contributed by atoms with Gasteiger partial charge in [-0.2, -0.15) is 4.98 Å². The summed E-state index contributed by atoms with van der Waals surface area (Å²) < 4.78 is 0. The summed E-state index contributed by atoms with van der Waals surface area (Å²) in [5.41, 5.74) is 2.30. The minimum absolute atomic E-state index is 0.256. The average Bonchev–Trinajstić information content (AvgIpc) is 3.08. The smallest absolute Gasteiger partial charge is 0.259 e. The number of hydrogen-bond donors (Lipinski definition) is 2. The topological polar surface area (TPSA) is 83.6 Å². The van der Waals surface area contributed by atoms with Crippen LogP contribution < -0.4 is 5.32 Å². The van der Waals surface area contributed by atoms with Crippen LogP contribution in [0.2, 0.25) is 0 Å². The summed E-state index contributed by atoms with van der Waals surface area (Å²) in [6.45, 7) is 3.79. The Balaban J connectivity index is 1.81. The zero-order valence-electron chi connectivity index (χ0n) is 11.5. The molecule has 0 radical (unpaired) electrons. The second-order valence-electron chi connectivity index (χ2n) is 4.53. The molecule has 106 valence electrons. The summed E-state index contributed by atoms with van der Waals surface area (Å²) in [6, 6.07) is 5.45. The summed E-state index contributed by atoms with van der Waals surface area (Å²) in [6.07, 6.45) is 1.65. The fourth-order valence-electron chi connectivity index (χ4n) is 1.93. The lowest BCUT2D eigenvalue weighted by atomic mass is 10.2. The molecule has 0 saturated heterocycles. The predicted molar refractivity (Wildman–Crippen MR) is 81.4 cm³/mol. The lowest BCUT2D eigenvalue weighted by Gasteiger charge is -2.02. The number of nitrogens with one attached hydrogen (secondary N) is 2. The number of pyridine rings is 1. The van der Waals surface area contributed by atoms with Gasteiger partial charge in [-0.3, -0.25) is 20.2 Å². The molecule has 3 heterocycles. The molecule has 0 unspecified atom stereocenters.